The van der Waals surface area contributed by atoms with Crippen molar-refractivity contribution in [3.63, 3.8) is 0 Å². The molecule has 0 heterocycles. The van der Waals surface area contributed by atoms with Gasteiger partial charge in [0.15, 0.2) is 0 Å². The van der Waals surface area contributed by atoms with Gasteiger partial charge in [-0.15, -0.1) is 0 Å². The first-order valence-corrected chi connectivity index (χ1v) is 5.10. The quantitative estimate of drug-likeness (QED) is 0.815. The van der Waals surface area contributed by atoms with E-state index >= 15 is 0 Å². The number of hydrogen-bond donors (Lipinski definition) is 2. The smallest absolute Gasteiger partial charge is 0.125 e. The second-order valence-corrected chi connectivity index (χ2v) is 3.75. The molecule has 0 saturated carbocycles. The van der Waals surface area contributed by atoms with Gasteiger partial charge in [-0.3, -0.25) is 0 Å². The second kappa shape index (κ2) is 5.18. The molecule has 2 N–H and O–H groups in total. The Morgan fingerprint density at radius 1 is 1.06 bits per heavy atom. The molecule has 0 aliphatic rings. The van der Waals surface area contributed by atoms with Gasteiger partial charge in [-0.1, -0.05) is 0 Å². The molecule has 2 unspecified atom stereocenters. The summed E-state index contributed by atoms with van der Waals surface area (Å²) in [7, 11) is 3.09. The lowest BCUT2D eigenvalue weighted by atomic mass is 10.0. The average molecular weight is 226 g/mol. The van der Waals surface area contributed by atoms with Crippen LogP contribution in [0.2, 0.25) is 0 Å². The third-order valence-electron chi connectivity index (χ3n) is 2.52. The molecule has 0 aliphatic heterocycles. The predicted molar refractivity (Wildman–Crippen MR) is 60.9 cm³/mol. The highest BCUT2D eigenvalue weighted by atomic mass is 16.5. The Morgan fingerprint density at radius 2 is 1.62 bits per heavy atom. The van der Waals surface area contributed by atoms with E-state index in [0.29, 0.717) is 17.1 Å². The van der Waals surface area contributed by atoms with E-state index in [4.69, 9.17) is 9.47 Å². The predicted octanol–water partition coefficient (Wildman–Crippen LogP) is 1.43. The standard InChI is InChI=1S/C12H18O4/c1-7-5-11(16-4)9(6-10(7)15-3)12(14)8(2)13/h5-6,8,12-14H,1-4H3. The minimum absolute atomic E-state index is 0.528. The summed E-state index contributed by atoms with van der Waals surface area (Å²) in [6.45, 7) is 3.41. The number of rotatable bonds is 4. The van der Waals surface area contributed by atoms with Gasteiger partial charge in [0.05, 0.1) is 20.3 Å². The van der Waals surface area contributed by atoms with Gasteiger partial charge in [0.25, 0.3) is 0 Å². The van der Waals surface area contributed by atoms with E-state index in [2.05, 4.69) is 0 Å². The first-order chi connectivity index (χ1) is 7.51. The van der Waals surface area contributed by atoms with E-state index in [0.717, 1.165) is 5.56 Å². The van der Waals surface area contributed by atoms with Crippen LogP contribution >= 0.6 is 0 Å². The van der Waals surface area contributed by atoms with Crippen molar-refractivity contribution in [3.05, 3.63) is 23.3 Å². The van der Waals surface area contributed by atoms with Crippen LogP contribution in [0.4, 0.5) is 0 Å². The third kappa shape index (κ3) is 2.46. The molecule has 0 aliphatic carbocycles. The topological polar surface area (TPSA) is 58.9 Å². The summed E-state index contributed by atoms with van der Waals surface area (Å²) in [5.41, 5.74) is 1.45. The van der Waals surface area contributed by atoms with Gasteiger partial charge in [0.1, 0.15) is 17.6 Å². The van der Waals surface area contributed by atoms with Gasteiger partial charge >= 0.3 is 0 Å². The summed E-state index contributed by atoms with van der Waals surface area (Å²) in [5.74, 6) is 1.21. The Hall–Kier alpha value is -1.26. The van der Waals surface area contributed by atoms with Crippen LogP contribution in [0.15, 0.2) is 12.1 Å². The number of aliphatic hydroxyl groups excluding tert-OH is 2. The average Bonchev–Trinajstić information content (AvgIpc) is 2.27. The molecule has 2 atom stereocenters. The van der Waals surface area contributed by atoms with Gasteiger partial charge in [0, 0.05) is 5.56 Å². The van der Waals surface area contributed by atoms with Crippen LogP contribution in [-0.4, -0.2) is 30.5 Å². The molecule has 0 amide bonds. The van der Waals surface area contributed by atoms with Crippen molar-refractivity contribution >= 4 is 0 Å². The number of ether oxygens (including phenoxy) is 2. The molecule has 4 nitrogen and oxygen atoms in total. The maximum atomic E-state index is 9.84. The van der Waals surface area contributed by atoms with Crippen LogP contribution in [0.5, 0.6) is 11.5 Å². The van der Waals surface area contributed by atoms with Gasteiger partial charge in [-0.25, -0.2) is 0 Å². The van der Waals surface area contributed by atoms with Crippen molar-refractivity contribution in [1.82, 2.24) is 0 Å². The van der Waals surface area contributed by atoms with Crippen LogP contribution in [0.1, 0.15) is 24.2 Å². The largest absolute Gasteiger partial charge is 0.496 e. The van der Waals surface area contributed by atoms with Crippen LogP contribution in [0.25, 0.3) is 0 Å². The highest BCUT2D eigenvalue weighted by Gasteiger charge is 2.20. The first-order valence-electron chi connectivity index (χ1n) is 5.10. The zero-order chi connectivity index (χ0) is 12.3. The molecule has 4 heteroatoms. The molecule has 0 saturated heterocycles. The van der Waals surface area contributed by atoms with E-state index in [9.17, 15) is 10.2 Å². The lowest BCUT2D eigenvalue weighted by molar-refractivity contribution is 0.0289. The highest BCUT2D eigenvalue weighted by Crippen LogP contribution is 2.33. The molecular formula is C12H18O4. The number of aryl methyl sites for hydroxylation is 1. The van der Waals surface area contributed by atoms with Crippen molar-refractivity contribution in [3.8, 4) is 11.5 Å². The van der Waals surface area contributed by atoms with Crippen LogP contribution < -0.4 is 9.47 Å². The SMILES string of the molecule is COc1cc(C(O)C(C)O)c(OC)cc1C. The van der Waals surface area contributed by atoms with Gasteiger partial charge in [0.2, 0.25) is 0 Å². The summed E-state index contributed by atoms with van der Waals surface area (Å²) in [5, 5.41) is 19.2. The highest BCUT2D eigenvalue weighted by molar-refractivity contribution is 5.47. The minimum Gasteiger partial charge on any atom is -0.496 e. The number of aliphatic hydroxyl groups is 2. The Balaban J connectivity index is 3.24. The summed E-state index contributed by atoms with van der Waals surface area (Å²) in [6, 6.07) is 3.46. The summed E-state index contributed by atoms with van der Waals surface area (Å²) in [4.78, 5) is 0. The molecule has 0 aromatic heterocycles. The van der Waals surface area contributed by atoms with E-state index < -0.39 is 12.2 Å². The van der Waals surface area contributed by atoms with E-state index in [1.54, 1.807) is 19.2 Å². The molecule has 90 valence electrons. The first kappa shape index (κ1) is 12.8. The number of benzene rings is 1. The zero-order valence-electron chi connectivity index (χ0n) is 10.0. The lowest BCUT2D eigenvalue weighted by Gasteiger charge is -2.19. The van der Waals surface area contributed by atoms with E-state index in [1.165, 1.54) is 14.0 Å². The minimum atomic E-state index is -0.982. The molecule has 1 rings (SSSR count). The van der Waals surface area contributed by atoms with E-state index in [1.807, 2.05) is 6.92 Å². The summed E-state index contributed by atoms with van der Waals surface area (Å²) >= 11 is 0. The molecule has 0 spiro atoms. The Kier molecular flexibility index (Phi) is 4.15. The third-order valence-corrected chi connectivity index (χ3v) is 2.52. The molecule has 1 aromatic carbocycles. The fourth-order valence-electron chi connectivity index (χ4n) is 1.56. The molecule has 0 fully saturated rings. The van der Waals surface area contributed by atoms with E-state index in [-0.39, 0.29) is 0 Å². The monoisotopic (exact) mass is 226 g/mol. The molecule has 0 radical (unpaired) electrons. The van der Waals surface area contributed by atoms with Crippen molar-refractivity contribution in [2.45, 2.75) is 26.1 Å². The van der Waals surface area contributed by atoms with Gasteiger partial charge in [-0.05, 0) is 31.5 Å². The zero-order valence-corrected chi connectivity index (χ0v) is 10.0. The van der Waals surface area contributed by atoms with Gasteiger partial charge in [-0.2, -0.15) is 0 Å². The van der Waals surface area contributed by atoms with Crippen molar-refractivity contribution in [2.24, 2.45) is 0 Å². The maximum absolute atomic E-state index is 9.84. The fraction of sp³-hybridized carbons (Fsp3) is 0.500. The molecular weight excluding hydrogens is 208 g/mol. The fourth-order valence-corrected chi connectivity index (χ4v) is 1.56. The molecule has 16 heavy (non-hydrogen) atoms. The molecule has 0 bridgehead atoms. The van der Waals surface area contributed by atoms with Crippen LogP contribution in [-0.2, 0) is 0 Å². The lowest BCUT2D eigenvalue weighted by Crippen LogP contribution is -2.15. The normalized spacial score (nSPS) is 14.4. The summed E-state index contributed by atoms with van der Waals surface area (Å²) in [6.07, 6.45) is -1.84. The second-order valence-electron chi connectivity index (χ2n) is 3.75. The van der Waals surface area contributed by atoms with Crippen molar-refractivity contribution in [2.75, 3.05) is 14.2 Å². The summed E-state index contributed by atoms with van der Waals surface area (Å²) < 4.78 is 10.3. The van der Waals surface area contributed by atoms with Gasteiger partial charge < -0.3 is 19.7 Å². The Labute approximate surface area is 95.4 Å². The Morgan fingerprint density at radius 3 is 2.06 bits per heavy atom. The Bertz CT molecular complexity index is 360. The molecule has 1 aromatic rings. The number of hydrogen-bond acceptors (Lipinski definition) is 4. The number of methoxy groups -OCH3 is 2. The maximum Gasteiger partial charge on any atom is 0.125 e. The van der Waals surface area contributed by atoms with Crippen molar-refractivity contribution in [1.29, 1.82) is 0 Å². The van der Waals surface area contributed by atoms with Crippen molar-refractivity contribution < 1.29 is 19.7 Å². The van der Waals surface area contributed by atoms with Crippen LogP contribution in [0, 0.1) is 6.92 Å². The van der Waals surface area contributed by atoms with Crippen LogP contribution in [0.3, 0.4) is 0 Å².